The van der Waals surface area contributed by atoms with E-state index in [0.717, 1.165) is 0 Å². The van der Waals surface area contributed by atoms with Crippen LogP contribution in [-0.2, 0) is 19.1 Å². The topological polar surface area (TPSA) is 154 Å². The average Bonchev–Trinajstić information content (AvgIpc) is 2.30. The van der Waals surface area contributed by atoms with Crippen molar-refractivity contribution in [3.63, 3.8) is 0 Å². The number of cyclic esters (lactones) is 2. The second-order valence-electron chi connectivity index (χ2n) is 3.06. The van der Waals surface area contributed by atoms with Gasteiger partial charge in [0.25, 0.3) is 0 Å². The Morgan fingerprint density at radius 2 is 1.56 bits per heavy atom. The summed E-state index contributed by atoms with van der Waals surface area (Å²) in [4.78, 5) is 22.0. The first kappa shape index (κ1) is 12.8. The van der Waals surface area contributed by atoms with Crippen LogP contribution in [0.2, 0.25) is 0 Å². The van der Waals surface area contributed by atoms with Crippen molar-refractivity contribution in [3.05, 3.63) is 0 Å². The second kappa shape index (κ2) is 4.31. The van der Waals surface area contributed by atoms with E-state index in [1.807, 2.05) is 0 Å². The maximum absolute atomic E-state index is 11.0. The molecule has 1 rings (SSSR count). The van der Waals surface area contributed by atoms with Gasteiger partial charge in [-0.15, -0.1) is 0 Å². The number of aliphatic hydroxyl groups is 5. The number of hydrogen-bond acceptors (Lipinski definition) is 9. The molecule has 1 heterocycles. The van der Waals surface area contributed by atoms with Crippen LogP contribution in [0.4, 0.5) is 0 Å². The molecule has 9 nitrogen and oxygen atoms in total. The van der Waals surface area contributed by atoms with Gasteiger partial charge >= 0.3 is 17.9 Å². The fourth-order valence-corrected chi connectivity index (χ4v) is 0.939. The van der Waals surface area contributed by atoms with Crippen molar-refractivity contribution in [2.24, 2.45) is 0 Å². The summed E-state index contributed by atoms with van der Waals surface area (Å²) in [7, 11) is 0. The summed E-state index contributed by atoms with van der Waals surface area (Å²) in [5, 5.41) is 45.0. The van der Waals surface area contributed by atoms with E-state index in [-0.39, 0.29) is 0 Å². The molecule has 0 aliphatic carbocycles. The van der Waals surface area contributed by atoms with E-state index < -0.39 is 42.8 Å². The fraction of sp³-hybridized carbons (Fsp3) is 0.714. The summed E-state index contributed by atoms with van der Waals surface area (Å²) >= 11 is 0. The van der Waals surface area contributed by atoms with Crippen molar-refractivity contribution in [2.45, 2.75) is 24.3 Å². The number of carbonyl (C=O) groups excluding carboxylic acids is 2. The molecule has 0 radical (unpaired) electrons. The van der Waals surface area contributed by atoms with Gasteiger partial charge in [0.05, 0.1) is 6.61 Å². The molecule has 0 aromatic heterocycles. The van der Waals surface area contributed by atoms with Crippen LogP contribution in [0.15, 0.2) is 0 Å². The van der Waals surface area contributed by atoms with Crippen LogP contribution in [-0.4, -0.2) is 68.4 Å². The van der Waals surface area contributed by atoms with Crippen LogP contribution < -0.4 is 0 Å². The van der Waals surface area contributed by atoms with Gasteiger partial charge in [-0.3, -0.25) is 0 Å². The van der Waals surface area contributed by atoms with Gasteiger partial charge in [0.15, 0.2) is 18.3 Å². The summed E-state index contributed by atoms with van der Waals surface area (Å²) in [5.74, 6) is -6.29. The lowest BCUT2D eigenvalue weighted by Crippen LogP contribution is -2.51. The van der Waals surface area contributed by atoms with Gasteiger partial charge < -0.3 is 35.0 Å². The first-order chi connectivity index (χ1) is 7.31. The molecule has 1 aliphatic heterocycles. The molecule has 16 heavy (non-hydrogen) atoms. The largest absolute Gasteiger partial charge is 0.403 e. The zero-order valence-electron chi connectivity index (χ0n) is 7.81. The normalized spacial score (nSPS) is 37.3. The highest BCUT2D eigenvalue weighted by atomic mass is 16.9. The Balaban J connectivity index is 2.99. The van der Waals surface area contributed by atoms with Crippen LogP contribution in [0, 0.1) is 0 Å². The van der Waals surface area contributed by atoms with E-state index in [2.05, 4.69) is 9.47 Å². The highest BCUT2D eigenvalue weighted by molar-refractivity contribution is 5.86. The molecular weight excluding hydrogens is 228 g/mol. The van der Waals surface area contributed by atoms with Gasteiger partial charge in [0.2, 0.25) is 0 Å². The van der Waals surface area contributed by atoms with Crippen molar-refractivity contribution < 1.29 is 44.6 Å². The Bertz CT molecular complexity index is 278. The van der Waals surface area contributed by atoms with Crippen molar-refractivity contribution in [2.75, 3.05) is 6.61 Å². The monoisotopic (exact) mass is 238 g/mol. The minimum absolute atomic E-state index is 1.08. The van der Waals surface area contributed by atoms with Crippen LogP contribution in [0.5, 0.6) is 0 Å². The number of esters is 2. The first-order valence-corrected chi connectivity index (χ1v) is 4.15. The summed E-state index contributed by atoms with van der Waals surface area (Å²) in [6.07, 6.45) is -6.61. The minimum atomic E-state index is -3.14. The second-order valence-corrected chi connectivity index (χ2v) is 3.06. The number of rotatable bonds is 2. The maximum Gasteiger partial charge on any atom is 0.403 e. The number of carbonyl (C=O) groups is 2. The summed E-state index contributed by atoms with van der Waals surface area (Å²) in [5.41, 5.74) is 0. The Morgan fingerprint density at radius 3 is 1.88 bits per heavy atom. The summed E-state index contributed by atoms with van der Waals surface area (Å²) in [6, 6.07) is 0. The minimum Gasteiger partial charge on any atom is -0.394 e. The standard InChI is InChI=1S/C7H10O9/c8-1-2(9)7(14)15-5(12)3(10)4(11)6(13)16-7/h2-4,8-11,14H,1H2. The first-order valence-electron chi connectivity index (χ1n) is 4.15. The zero-order chi connectivity index (χ0) is 12.5. The van der Waals surface area contributed by atoms with E-state index in [0.29, 0.717) is 0 Å². The lowest BCUT2D eigenvalue weighted by Gasteiger charge is -2.27. The zero-order valence-corrected chi connectivity index (χ0v) is 7.81. The lowest BCUT2D eigenvalue weighted by atomic mass is 10.2. The van der Waals surface area contributed by atoms with E-state index in [9.17, 15) is 14.7 Å². The van der Waals surface area contributed by atoms with E-state index in [1.165, 1.54) is 0 Å². The number of aliphatic hydroxyl groups excluding tert-OH is 4. The SMILES string of the molecule is O=C1OC(O)(C(O)CO)OC(=O)C(O)C1O. The smallest absolute Gasteiger partial charge is 0.394 e. The van der Waals surface area contributed by atoms with Gasteiger partial charge in [-0.2, -0.15) is 0 Å². The molecule has 5 N–H and O–H groups in total. The highest BCUT2D eigenvalue weighted by Gasteiger charge is 2.52. The molecule has 0 amide bonds. The average molecular weight is 238 g/mol. The Hall–Kier alpha value is -1.26. The molecule has 0 saturated carbocycles. The van der Waals surface area contributed by atoms with Crippen LogP contribution in [0.1, 0.15) is 0 Å². The van der Waals surface area contributed by atoms with Gasteiger partial charge in [0, 0.05) is 0 Å². The Morgan fingerprint density at radius 1 is 1.19 bits per heavy atom. The van der Waals surface area contributed by atoms with Gasteiger partial charge in [-0.25, -0.2) is 9.59 Å². The number of ether oxygens (including phenoxy) is 2. The molecular formula is C7H10O9. The summed E-state index contributed by atoms with van der Waals surface area (Å²) in [6.45, 7) is -1.08. The molecule has 1 saturated heterocycles. The molecule has 1 fully saturated rings. The highest BCUT2D eigenvalue weighted by Crippen LogP contribution is 2.21. The molecule has 0 spiro atoms. The van der Waals surface area contributed by atoms with Gasteiger partial charge in [-0.05, 0) is 0 Å². The third kappa shape index (κ3) is 2.13. The van der Waals surface area contributed by atoms with Crippen LogP contribution >= 0.6 is 0 Å². The molecule has 0 aromatic rings. The third-order valence-corrected chi connectivity index (χ3v) is 1.87. The van der Waals surface area contributed by atoms with Crippen molar-refractivity contribution in [3.8, 4) is 0 Å². The quantitative estimate of drug-likeness (QED) is 0.301. The number of hydrogen-bond donors (Lipinski definition) is 5. The predicted octanol–water partition coefficient (Wildman–Crippen LogP) is -4.19. The van der Waals surface area contributed by atoms with Crippen molar-refractivity contribution in [1.82, 2.24) is 0 Å². The maximum atomic E-state index is 11.0. The summed E-state index contributed by atoms with van der Waals surface area (Å²) < 4.78 is 8.12. The molecule has 0 aromatic carbocycles. The van der Waals surface area contributed by atoms with Crippen molar-refractivity contribution in [1.29, 1.82) is 0 Å². The van der Waals surface area contributed by atoms with Crippen molar-refractivity contribution >= 4 is 11.9 Å². The molecule has 0 bridgehead atoms. The molecule has 3 atom stereocenters. The van der Waals surface area contributed by atoms with E-state index >= 15 is 0 Å². The molecule has 9 heteroatoms. The van der Waals surface area contributed by atoms with Crippen LogP contribution in [0.3, 0.4) is 0 Å². The fourth-order valence-electron chi connectivity index (χ4n) is 0.939. The third-order valence-electron chi connectivity index (χ3n) is 1.87. The lowest BCUT2D eigenvalue weighted by molar-refractivity contribution is -0.361. The Labute approximate surface area is 88.4 Å². The molecule has 1 aliphatic rings. The van der Waals surface area contributed by atoms with E-state index in [4.69, 9.17) is 20.4 Å². The van der Waals surface area contributed by atoms with Crippen LogP contribution in [0.25, 0.3) is 0 Å². The molecule has 3 unspecified atom stereocenters. The van der Waals surface area contributed by atoms with Gasteiger partial charge in [0.1, 0.15) is 0 Å². The molecule has 92 valence electrons. The van der Waals surface area contributed by atoms with Gasteiger partial charge in [-0.1, -0.05) is 0 Å². The Kier molecular flexibility index (Phi) is 3.45. The predicted molar refractivity (Wildman–Crippen MR) is 42.2 cm³/mol. The van der Waals surface area contributed by atoms with E-state index in [1.54, 1.807) is 0 Å².